The van der Waals surface area contributed by atoms with Crippen LogP contribution >= 0.6 is 0 Å². The van der Waals surface area contributed by atoms with Gasteiger partial charge in [0.15, 0.2) is 0 Å². The molecule has 0 saturated carbocycles. The molecule has 0 aromatic carbocycles. The molecule has 0 aliphatic carbocycles. The summed E-state index contributed by atoms with van der Waals surface area (Å²) in [6.07, 6.45) is 68.3. The minimum Gasteiger partial charge on any atom is -0.394 e. The van der Waals surface area contributed by atoms with Crippen LogP contribution in [0.5, 0.6) is 0 Å². The van der Waals surface area contributed by atoms with Crippen molar-refractivity contribution >= 4 is 5.91 Å². The maximum Gasteiger partial charge on any atom is 0.249 e. The van der Waals surface area contributed by atoms with E-state index >= 15 is 0 Å². The lowest BCUT2D eigenvalue weighted by Crippen LogP contribution is -2.48. The van der Waals surface area contributed by atoms with E-state index in [0.717, 1.165) is 32.1 Å². The van der Waals surface area contributed by atoms with E-state index in [1.807, 2.05) is 6.08 Å². The fourth-order valence-electron chi connectivity index (χ4n) is 9.07. The van der Waals surface area contributed by atoms with Gasteiger partial charge in [-0.1, -0.05) is 295 Å². The maximum absolute atomic E-state index is 12.5. The third-order valence-corrected chi connectivity index (χ3v) is 13.5. The predicted molar refractivity (Wildman–Crippen MR) is 278 cm³/mol. The molecule has 374 valence electrons. The second-order valence-electron chi connectivity index (χ2n) is 19.9. The second-order valence-corrected chi connectivity index (χ2v) is 19.9. The first-order valence-corrected chi connectivity index (χ1v) is 28.7. The van der Waals surface area contributed by atoms with Gasteiger partial charge in [-0.05, 0) is 44.9 Å². The third kappa shape index (κ3) is 48.6. The van der Waals surface area contributed by atoms with Gasteiger partial charge >= 0.3 is 0 Å². The van der Waals surface area contributed by atoms with Crippen LogP contribution < -0.4 is 5.32 Å². The van der Waals surface area contributed by atoms with E-state index < -0.39 is 24.2 Å². The summed E-state index contributed by atoms with van der Waals surface area (Å²) in [5.74, 6) is -0.498. The Morgan fingerprint density at radius 2 is 0.635 bits per heavy atom. The average Bonchev–Trinajstić information content (AvgIpc) is 3.29. The van der Waals surface area contributed by atoms with Gasteiger partial charge in [-0.3, -0.25) is 4.79 Å². The molecular formula is C58H113NO4. The molecule has 0 saturated heterocycles. The van der Waals surface area contributed by atoms with Crippen molar-refractivity contribution in [3.63, 3.8) is 0 Å². The first-order chi connectivity index (χ1) is 31.1. The summed E-state index contributed by atoms with van der Waals surface area (Å²) in [6.45, 7) is 4.22. The number of aliphatic hydroxyl groups excluding tert-OH is 3. The molecule has 0 aliphatic rings. The minimum absolute atomic E-state index is 0.360. The number of hydrogen-bond donors (Lipinski definition) is 4. The van der Waals surface area contributed by atoms with Crippen LogP contribution in [0.15, 0.2) is 24.3 Å². The molecule has 1 amide bonds. The normalized spacial score (nSPS) is 13.4. The van der Waals surface area contributed by atoms with Gasteiger partial charge in [0, 0.05) is 0 Å². The number of amides is 1. The Labute approximate surface area is 394 Å². The highest BCUT2D eigenvalue weighted by Gasteiger charge is 2.22. The van der Waals surface area contributed by atoms with Crippen LogP contribution in [-0.2, 0) is 4.79 Å². The number of rotatable bonds is 53. The second kappa shape index (κ2) is 53.4. The van der Waals surface area contributed by atoms with Crippen LogP contribution in [0.2, 0.25) is 0 Å². The summed E-state index contributed by atoms with van der Waals surface area (Å²) in [6, 6.07) is -0.796. The minimum atomic E-state index is -1.10. The number of carbonyl (C=O) groups excluding carboxylic acids is 1. The van der Waals surface area contributed by atoms with Gasteiger partial charge in [0.05, 0.1) is 18.8 Å². The molecule has 0 aliphatic heterocycles. The standard InChI is InChI=1S/C58H113NO4/c1-3-5-7-9-11-13-15-17-19-21-23-24-25-26-27-28-29-30-31-32-33-34-35-37-39-41-43-45-47-49-51-53-57(62)58(63)59-55(54-60)56(61)52-50-48-46-44-42-40-38-36-22-20-18-16-14-12-10-8-6-4-2/h26-27,50,52,55-57,60-62H,3-25,28-49,51,53-54H2,1-2H3,(H,59,63)/b27-26-,52-50+. The number of aliphatic hydroxyl groups is 3. The van der Waals surface area contributed by atoms with E-state index in [9.17, 15) is 20.1 Å². The Morgan fingerprint density at radius 3 is 0.921 bits per heavy atom. The topological polar surface area (TPSA) is 89.8 Å². The summed E-state index contributed by atoms with van der Waals surface area (Å²) in [5.41, 5.74) is 0. The molecule has 5 heteroatoms. The van der Waals surface area contributed by atoms with Crippen LogP contribution in [0.25, 0.3) is 0 Å². The van der Waals surface area contributed by atoms with Crippen LogP contribution in [0.3, 0.4) is 0 Å². The van der Waals surface area contributed by atoms with E-state index in [2.05, 4.69) is 31.3 Å². The number of carbonyl (C=O) groups is 1. The molecule has 4 N–H and O–H groups in total. The molecule has 63 heavy (non-hydrogen) atoms. The van der Waals surface area contributed by atoms with Crippen molar-refractivity contribution in [3.8, 4) is 0 Å². The Bertz CT molecular complexity index is 936. The lowest BCUT2D eigenvalue weighted by atomic mass is 10.0. The SMILES string of the molecule is CCCCCCCCCCCCCC/C=C\CCCCCCCCCCCCCCCCCC(O)C(=O)NC(CO)C(O)/C=C/CCCCCCCCCCCCCCCCCC. The Hall–Kier alpha value is -1.17. The van der Waals surface area contributed by atoms with E-state index in [1.54, 1.807) is 6.08 Å². The van der Waals surface area contributed by atoms with E-state index in [0.29, 0.717) is 6.42 Å². The third-order valence-electron chi connectivity index (χ3n) is 13.5. The van der Waals surface area contributed by atoms with Gasteiger partial charge < -0.3 is 20.6 Å². The first-order valence-electron chi connectivity index (χ1n) is 28.7. The van der Waals surface area contributed by atoms with Crippen LogP contribution in [0.4, 0.5) is 0 Å². The van der Waals surface area contributed by atoms with Gasteiger partial charge in [0.2, 0.25) is 5.91 Å². The number of hydrogen-bond acceptors (Lipinski definition) is 4. The summed E-state index contributed by atoms with van der Waals surface area (Å²) < 4.78 is 0. The molecule has 0 radical (unpaired) electrons. The lowest BCUT2D eigenvalue weighted by Gasteiger charge is -2.21. The Kier molecular flexibility index (Phi) is 52.5. The molecule has 3 unspecified atom stereocenters. The smallest absolute Gasteiger partial charge is 0.249 e. The highest BCUT2D eigenvalue weighted by Crippen LogP contribution is 2.17. The molecule has 0 heterocycles. The fourth-order valence-corrected chi connectivity index (χ4v) is 9.07. The largest absolute Gasteiger partial charge is 0.394 e. The van der Waals surface area contributed by atoms with Crippen LogP contribution in [0, 0.1) is 0 Å². The average molecular weight is 889 g/mol. The zero-order valence-corrected chi connectivity index (χ0v) is 42.7. The summed E-state index contributed by atoms with van der Waals surface area (Å²) in [7, 11) is 0. The van der Waals surface area contributed by atoms with E-state index in [4.69, 9.17) is 0 Å². The number of allylic oxidation sites excluding steroid dienone is 3. The van der Waals surface area contributed by atoms with Crippen molar-refractivity contribution in [2.24, 2.45) is 0 Å². The molecule has 3 atom stereocenters. The van der Waals surface area contributed by atoms with Gasteiger partial charge in [-0.2, -0.15) is 0 Å². The zero-order valence-electron chi connectivity index (χ0n) is 42.7. The summed E-state index contributed by atoms with van der Waals surface area (Å²) in [5, 5.41) is 33.4. The van der Waals surface area contributed by atoms with Gasteiger partial charge in [0.25, 0.3) is 0 Å². The quantitative estimate of drug-likeness (QED) is 0.0362. The van der Waals surface area contributed by atoms with Crippen molar-refractivity contribution < 1.29 is 20.1 Å². The molecule has 0 aromatic rings. The lowest BCUT2D eigenvalue weighted by molar-refractivity contribution is -0.131. The van der Waals surface area contributed by atoms with Crippen molar-refractivity contribution in [1.82, 2.24) is 5.32 Å². The first kappa shape index (κ1) is 61.8. The van der Waals surface area contributed by atoms with Crippen molar-refractivity contribution in [1.29, 1.82) is 0 Å². The molecule has 0 spiro atoms. The Balaban J connectivity index is 3.52. The number of unbranched alkanes of at least 4 members (excludes halogenated alkanes) is 43. The zero-order chi connectivity index (χ0) is 45.8. The highest BCUT2D eigenvalue weighted by molar-refractivity contribution is 5.80. The van der Waals surface area contributed by atoms with Gasteiger partial charge in [-0.15, -0.1) is 0 Å². The molecule has 0 bridgehead atoms. The fraction of sp³-hybridized carbons (Fsp3) is 0.914. The predicted octanol–water partition coefficient (Wildman–Crippen LogP) is 17.7. The monoisotopic (exact) mass is 888 g/mol. The summed E-state index contributed by atoms with van der Waals surface area (Å²) in [4.78, 5) is 12.5. The van der Waals surface area contributed by atoms with Gasteiger partial charge in [0.1, 0.15) is 6.10 Å². The van der Waals surface area contributed by atoms with Crippen molar-refractivity contribution in [2.75, 3.05) is 6.61 Å². The highest BCUT2D eigenvalue weighted by atomic mass is 16.3. The van der Waals surface area contributed by atoms with E-state index in [1.165, 1.54) is 263 Å². The maximum atomic E-state index is 12.5. The Morgan fingerprint density at radius 1 is 0.381 bits per heavy atom. The van der Waals surface area contributed by atoms with Gasteiger partial charge in [-0.25, -0.2) is 0 Å². The van der Waals surface area contributed by atoms with Crippen molar-refractivity contribution in [2.45, 2.75) is 334 Å². The number of nitrogens with one attached hydrogen (secondary N) is 1. The van der Waals surface area contributed by atoms with E-state index in [-0.39, 0.29) is 6.61 Å². The summed E-state index contributed by atoms with van der Waals surface area (Å²) >= 11 is 0. The molecule has 0 rings (SSSR count). The van der Waals surface area contributed by atoms with Crippen LogP contribution in [0.1, 0.15) is 316 Å². The van der Waals surface area contributed by atoms with Crippen molar-refractivity contribution in [3.05, 3.63) is 24.3 Å². The molecule has 5 nitrogen and oxygen atoms in total. The molecule has 0 aromatic heterocycles. The van der Waals surface area contributed by atoms with Crippen LogP contribution in [-0.4, -0.2) is 46.1 Å². The molecular weight excluding hydrogens is 775 g/mol. The molecule has 0 fully saturated rings.